The van der Waals surface area contributed by atoms with Crippen LogP contribution in [0.5, 0.6) is 0 Å². The van der Waals surface area contributed by atoms with E-state index in [-0.39, 0.29) is 6.03 Å². The Balaban J connectivity index is 2.90. The molecule has 0 spiro atoms. The Morgan fingerprint density at radius 1 is 1.35 bits per heavy atom. The highest BCUT2D eigenvalue weighted by Crippen LogP contribution is 2.20. The van der Waals surface area contributed by atoms with E-state index in [0.29, 0.717) is 23.5 Å². The molecule has 0 saturated heterocycles. The van der Waals surface area contributed by atoms with Crippen LogP contribution in [0.25, 0.3) is 0 Å². The van der Waals surface area contributed by atoms with Gasteiger partial charge >= 0.3 is 6.03 Å². The number of benzene rings is 1. The van der Waals surface area contributed by atoms with Crippen LogP contribution in [0.1, 0.15) is 15.9 Å². The molecule has 110 valence electrons. The number of nitrogens with zero attached hydrogens (tertiary/aromatic N) is 2. The van der Waals surface area contributed by atoms with Crippen LogP contribution in [0.15, 0.2) is 18.2 Å². The third-order valence-electron chi connectivity index (χ3n) is 3.00. The van der Waals surface area contributed by atoms with Gasteiger partial charge in [-0.25, -0.2) is 4.79 Å². The summed E-state index contributed by atoms with van der Waals surface area (Å²) >= 11 is 0. The van der Waals surface area contributed by atoms with Crippen LogP contribution < -0.4 is 4.90 Å². The molecule has 1 aromatic rings. The number of rotatable bonds is 5. The SMILES string of the molecule is Cc1ccc(C=O)c(N(C)C(=O)N(C)CCS(C)=O)c1. The predicted molar refractivity (Wildman–Crippen MR) is 81.9 cm³/mol. The second kappa shape index (κ2) is 7.19. The molecule has 1 rings (SSSR count). The van der Waals surface area contributed by atoms with Crippen LogP contribution in [-0.2, 0) is 10.8 Å². The van der Waals surface area contributed by atoms with E-state index in [2.05, 4.69) is 0 Å². The molecule has 0 heterocycles. The van der Waals surface area contributed by atoms with Crippen LogP contribution in [0.3, 0.4) is 0 Å². The highest BCUT2D eigenvalue weighted by molar-refractivity contribution is 7.84. The third kappa shape index (κ3) is 4.16. The number of amides is 2. The summed E-state index contributed by atoms with van der Waals surface area (Å²) in [5.74, 6) is 0.435. The molecule has 0 radical (unpaired) electrons. The minimum atomic E-state index is -0.939. The number of anilines is 1. The summed E-state index contributed by atoms with van der Waals surface area (Å²) in [4.78, 5) is 26.3. The van der Waals surface area contributed by atoms with Crippen molar-refractivity contribution in [2.75, 3.05) is 37.5 Å². The average Bonchev–Trinajstić information content (AvgIpc) is 2.42. The van der Waals surface area contributed by atoms with Gasteiger partial charge in [-0.1, -0.05) is 6.07 Å². The summed E-state index contributed by atoms with van der Waals surface area (Å²) < 4.78 is 11.1. The molecule has 5 nitrogen and oxygen atoms in total. The van der Waals surface area contributed by atoms with Crippen LogP contribution >= 0.6 is 0 Å². The topological polar surface area (TPSA) is 57.7 Å². The number of hydrogen-bond donors (Lipinski definition) is 0. The fourth-order valence-corrected chi connectivity index (χ4v) is 2.30. The summed E-state index contributed by atoms with van der Waals surface area (Å²) in [6.45, 7) is 2.31. The first-order valence-corrected chi connectivity index (χ1v) is 7.94. The van der Waals surface area contributed by atoms with E-state index >= 15 is 0 Å². The van der Waals surface area contributed by atoms with E-state index in [9.17, 15) is 13.8 Å². The zero-order chi connectivity index (χ0) is 15.3. The smallest absolute Gasteiger partial charge is 0.324 e. The van der Waals surface area contributed by atoms with Crippen molar-refractivity contribution in [3.63, 3.8) is 0 Å². The van der Waals surface area contributed by atoms with Gasteiger partial charge < -0.3 is 4.90 Å². The van der Waals surface area contributed by atoms with Crippen LogP contribution in [0, 0.1) is 6.92 Å². The number of carbonyl (C=O) groups is 2. The van der Waals surface area contributed by atoms with Crippen molar-refractivity contribution in [1.29, 1.82) is 0 Å². The molecule has 1 unspecified atom stereocenters. The molecule has 0 fully saturated rings. The number of hydrogen-bond acceptors (Lipinski definition) is 3. The van der Waals surface area contributed by atoms with Gasteiger partial charge in [0.25, 0.3) is 0 Å². The summed E-state index contributed by atoms with van der Waals surface area (Å²) in [5.41, 5.74) is 2.02. The maximum atomic E-state index is 12.3. The molecular weight excluding hydrogens is 276 g/mol. The molecule has 1 atom stereocenters. The third-order valence-corrected chi connectivity index (χ3v) is 3.76. The standard InChI is InChI=1S/C14H20N2O3S/c1-11-5-6-12(10-17)13(9-11)16(3)14(18)15(2)7-8-20(4)19/h5-6,9-10H,7-8H2,1-4H3. The molecule has 0 saturated carbocycles. The maximum Gasteiger partial charge on any atom is 0.324 e. The van der Waals surface area contributed by atoms with Gasteiger partial charge in [-0.2, -0.15) is 0 Å². The van der Waals surface area contributed by atoms with Gasteiger partial charge in [0.2, 0.25) is 0 Å². The maximum absolute atomic E-state index is 12.3. The Hall–Kier alpha value is -1.69. The van der Waals surface area contributed by atoms with E-state index in [1.54, 1.807) is 32.5 Å². The van der Waals surface area contributed by atoms with E-state index in [0.717, 1.165) is 11.8 Å². The minimum absolute atomic E-state index is 0.232. The normalized spacial score (nSPS) is 11.8. The first-order chi connectivity index (χ1) is 9.36. The fraction of sp³-hybridized carbons (Fsp3) is 0.429. The highest BCUT2D eigenvalue weighted by atomic mass is 32.2. The molecule has 0 aromatic heterocycles. The molecule has 0 N–H and O–H groups in total. The Kier molecular flexibility index (Phi) is 5.88. The Bertz CT molecular complexity index is 531. The Morgan fingerprint density at radius 2 is 2.00 bits per heavy atom. The molecule has 0 aliphatic rings. The second-order valence-corrected chi connectivity index (χ2v) is 6.28. The summed E-state index contributed by atoms with van der Waals surface area (Å²) in [6.07, 6.45) is 2.34. The largest absolute Gasteiger partial charge is 0.327 e. The van der Waals surface area contributed by atoms with E-state index in [1.165, 1.54) is 9.80 Å². The van der Waals surface area contributed by atoms with Gasteiger partial charge in [0, 0.05) is 49.0 Å². The van der Waals surface area contributed by atoms with Crippen molar-refractivity contribution in [1.82, 2.24) is 4.90 Å². The predicted octanol–water partition coefficient (Wildman–Crippen LogP) is 1.67. The molecule has 0 bridgehead atoms. The molecule has 0 aliphatic heterocycles. The van der Waals surface area contributed by atoms with E-state index in [4.69, 9.17) is 0 Å². The van der Waals surface area contributed by atoms with Gasteiger partial charge in [0.05, 0.1) is 5.69 Å². The van der Waals surface area contributed by atoms with Gasteiger partial charge in [0.15, 0.2) is 6.29 Å². The number of aldehydes is 1. The van der Waals surface area contributed by atoms with Crippen LogP contribution in [0.2, 0.25) is 0 Å². The highest BCUT2D eigenvalue weighted by Gasteiger charge is 2.18. The van der Waals surface area contributed by atoms with Gasteiger partial charge in [0.1, 0.15) is 0 Å². The summed E-state index contributed by atoms with van der Waals surface area (Å²) in [7, 11) is 2.34. The average molecular weight is 296 g/mol. The zero-order valence-corrected chi connectivity index (χ0v) is 13.1. The van der Waals surface area contributed by atoms with Gasteiger partial charge in [-0.05, 0) is 24.6 Å². The monoisotopic (exact) mass is 296 g/mol. The lowest BCUT2D eigenvalue weighted by Crippen LogP contribution is -2.40. The number of urea groups is 1. The van der Waals surface area contributed by atoms with Crippen molar-refractivity contribution in [3.8, 4) is 0 Å². The molecule has 2 amide bonds. The van der Waals surface area contributed by atoms with Crippen molar-refractivity contribution in [3.05, 3.63) is 29.3 Å². The van der Waals surface area contributed by atoms with Gasteiger partial charge in [-0.3, -0.25) is 13.9 Å². The van der Waals surface area contributed by atoms with Gasteiger partial charge in [-0.15, -0.1) is 0 Å². The minimum Gasteiger partial charge on any atom is -0.327 e. The van der Waals surface area contributed by atoms with Crippen LogP contribution in [-0.4, -0.2) is 54.1 Å². The molecule has 20 heavy (non-hydrogen) atoms. The molecule has 1 aromatic carbocycles. The fourth-order valence-electron chi connectivity index (χ4n) is 1.76. The molecule has 0 aliphatic carbocycles. The van der Waals surface area contributed by atoms with Crippen molar-refractivity contribution in [2.24, 2.45) is 0 Å². The first-order valence-electron chi connectivity index (χ1n) is 6.21. The second-order valence-electron chi connectivity index (χ2n) is 4.72. The van der Waals surface area contributed by atoms with Crippen molar-refractivity contribution >= 4 is 28.8 Å². The number of aryl methyl sites for hydroxylation is 1. The summed E-state index contributed by atoms with van der Waals surface area (Å²) in [6, 6.07) is 5.09. The Morgan fingerprint density at radius 3 is 2.55 bits per heavy atom. The van der Waals surface area contributed by atoms with Crippen LogP contribution in [0.4, 0.5) is 10.5 Å². The molecule has 6 heteroatoms. The lowest BCUT2D eigenvalue weighted by molar-refractivity contribution is 0.112. The lowest BCUT2D eigenvalue weighted by Gasteiger charge is -2.25. The van der Waals surface area contributed by atoms with Crippen molar-refractivity contribution in [2.45, 2.75) is 6.92 Å². The van der Waals surface area contributed by atoms with E-state index < -0.39 is 10.8 Å². The number of carbonyl (C=O) groups excluding carboxylic acids is 2. The van der Waals surface area contributed by atoms with E-state index in [1.807, 2.05) is 13.0 Å². The molecular formula is C14H20N2O3S. The Labute approximate surface area is 122 Å². The zero-order valence-electron chi connectivity index (χ0n) is 12.3. The summed E-state index contributed by atoms with van der Waals surface area (Å²) in [5, 5.41) is 0. The quantitative estimate of drug-likeness (QED) is 0.777. The van der Waals surface area contributed by atoms with Crippen molar-refractivity contribution < 1.29 is 13.8 Å². The first kappa shape index (κ1) is 16.4. The lowest BCUT2D eigenvalue weighted by atomic mass is 10.1.